The van der Waals surface area contributed by atoms with Crippen LogP contribution < -0.4 is 15.0 Å². The van der Waals surface area contributed by atoms with Gasteiger partial charge in [-0.2, -0.15) is 4.98 Å². The maximum Gasteiger partial charge on any atom is 0.232 e. The number of hydrogen-bond acceptors (Lipinski definition) is 7. The first-order valence-electron chi connectivity index (χ1n) is 8.80. The molecule has 1 fully saturated rings. The summed E-state index contributed by atoms with van der Waals surface area (Å²) in [6.45, 7) is 6.75. The number of halogens is 1. The quantitative estimate of drug-likeness (QED) is 0.540. The van der Waals surface area contributed by atoms with Gasteiger partial charge in [0.2, 0.25) is 11.8 Å². The Bertz CT molecular complexity index is 786. The zero-order valence-corrected chi connectivity index (χ0v) is 17.3. The number of methoxy groups -OCH3 is 1. The summed E-state index contributed by atoms with van der Waals surface area (Å²) in [4.78, 5) is 17.6. The Kier molecular flexibility index (Phi) is 6.43. The first kappa shape index (κ1) is 19.3. The van der Waals surface area contributed by atoms with Gasteiger partial charge in [0.1, 0.15) is 6.33 Å². The maximum absolute atomic E-state index is 5.26. The molecule has 1 N–H and O–H groups in total. The van der Waals surface area contributed by atoms with Crippen LogP contribution in [-0.4, -0.2) is 75.9 Å². The monoisotopic (exact) mass is 437 g/mol. The Balaban J connectivity index is 1.57. The van der Waals surface area contributed by atoms with E-state index in [4.69, 9.17) is 4.74 Å². The summed E-state index contributed by atoms with van der Waals surface area (Å²) in [5, 5.41) is 11.5. The Morgan fingerprint density at radius 1 is 1.33 bits per heavy atom. The van der Waals surface area contributed by atoms with Gasteiger partial charge < -0.3 is 24.4 Å². The Morgan fingerprint density at radius 3 is 2.78 bits per heavy atom. The normalized spacial score (nSPS) is 15.2. The molecule has 1 saturated heterocycles. The van der Waals surface area contributed by atoms with E-state index < -0.39 is 0 Å². The van der Waals surface area contributed by atoms with Crippen LogP contribution in [0.15, 0.2) is 22.0 Å². The van der Waals surface area contributed by atoms with Crippen molar-refractivity contribution < 1.29 is 4.74 Å². The topological polar surface area (TPSA) is 96.6 Å². The number of guanidine groups is 1. The standard InChI is InChI=1S/C16H24BrN9O/c1-4-24-11-21-23-13(24)10-20-15(18-2)25-5-7-26(8-6-25)16-19-9-12(17)14(22-16)27-3/h9,11H,4-8,10H2,1-3H3,(H,18,20). The molecular formula is C16H24BrN9O. The molecule has 0 saturated carbocycles. The molecule has 0 unspecified atom stereocenters. The molecule has 0 amide bonds. The molecule has 0 aliphatic carbocycles. The second kappa shape index (κ2) is 8.98. The lowest BCUT2D eigenvalue weighted by Crippen LogP contribution is -2.52. The van der Waals surface area contributed by atoms with Gasteiger partial charge in [-0.3, -0.25) is 4.99 Å². The highest BCUT2D eigenvalue weighted by Gasteiger charge is 2.22. The molecule has 10 nitrogen and oxygen atoms in total. The summed E-state index contributed by atoms with van der Waals surface area (Å²) >= 11 is 3.38. The van der Waals surface area contributed by atoms with Crippen molar-refractivity contribution in [2.75, 3.05) is 45.2 Å². The molecule has 3 heterocycles. The Morgan fingerprint density at radius 2 is 2.11 bits per heavy atom. The number of hydrogen-bond donors (Lipinski definition) is 1. The van der Waals surface area contributed by atoms with Crippen LogP contribution in [0.4, 0.5) is 5.95 Å². The number of nitrogens with zero attached hydrogens (tertiary/aromatic N) is 8. The summed E-state index contributed by atoms with van der Waals surface area (Å²) in [7, 11) is 3.39. The van der Waals surface area contributed by atoms with Crippen molar-refractivity contribution in [2.24, 2.45) is 4.99 Å². The summed E-state index contributed by atoms with van der Waals surface area (Å²) in [5.41, 5.74) is 0. The third-order valence-corrected chi connectivity index (χ3v) is 4.95. The molecule has 27 heavy (non-hydrogen) atoms. The first-order valence-corrected chi connectivity index (χ1v) is 9.59. The zero-order valence-electron chi connectivity index (χ0n) is 15.8. The summed E-state index contributed by atoms with van der Waals surface area (Å²) in [6.07, 6.45) is 3.46. The van der Waals surface area contributed by atoms with Gasteiger partial charge >= 0.3 is 0 Å². The van der Waals surface area contributed by atoms with E-state index in [1.807, 2.05) is 4.57 Å². The minimum atomic E-state index is 0.542. The number of anilines is 1. The van der Waals surface area contributed by atoms with Crippen LogP contribution in [0.3, 0.4) is 0 Å². The highest BCUT2D eigenvalue weighted by atomic mass is 79.9. The van der Waals surface area contributed by atoms with E-state index in [9.17, 15) is 0 Å². The predicted octanol–water partition coefficient (Wildman–Crippen LogP) is 0.757. The van der Waals surface area contributed by atoms with E-state index in [0.29, 0.717) is 18.4 Å². The van der Waals surface area contributed by atoms with Gasteiger partial charge in [0.15, 0.2) is 11.8 Å². The summed E-state index contributed by atoms with van der Waals surface area (Å²) < 4.78 is 8.02. The smallest absolute Gasteiger partial charge is 0.232 e. The fraction of sp³-hybridized carbons (Fsp3) is 0.562. The SMILES string of the molecule is CCn1cnnc1CNC(=NC)N1CCN(c2ncc(Br)c(OC)n2)CC1. The van der Waals surface area contributed by atoms with Crippen molar-refractivity contribution >= 4 is 27.8 Å². The highest BCUT2D eigenvalue weighted by molar-refractivity contribution is 9.10. The molecule has 0 aromatic carbocycles. The molecule has 1 aliphatic rings. The van der Waals surface area contributed by atoms with Crippen molar-refractivity contribution in [3.63, 3.8) is 0 Å². The molecule has 0 radical (unpaired) electrons. The van der Waals surface area contributed by atoms with Gasteiger partial charge in [-0.15, -0.1) is 10.2 Å². The number of aryl methyl sites for hydroxylation is 1. The number of aliphatic imine (C=N–C) groups is 1. The van der Waals surface area contributed by atoms with Crippen LogP contribution >= 0.6 is 15.9 Å². The van der Waals surface area contributed by atoms with Crippen molar-refractivity contribution in [1.29, 1.82) is 0 Å². The number of rotatable bonds is 5. The van der Waals surface area contributed by atoms with Gasteiger partial charge in [-0.1, -0.05) is 0 Å². The largest absolute Gasteiger partial charge is 0.480 e. The fourth-order valence-corrected chi connectivity index (χ4v) is 3.28. The zero-order chi connectivity index (χ0) is 19.2. The molecule has 0 spiro atoms. The number of ether oxygens (including phenoxy) is 1. The van der Waals surface area contributed by atoms with Crippen LogP contribution in [0, 0.1) is 0 Å². The lowest BCUT2D eigenvalue weighted by atomic mass is 10.3. The van der Waals surface area contributed by atoms with Crippen molar-refractivity contribution in [3.05, 3.63) is 22.8 Å². The average molecular weight is 438 g/mol. The third-order valence-electron chi connectivity index (χ3n) is 4.41. The molecule has 2 aromatic rings. The van der Waals surface area contributed by atoms with Gasteiger partial charge in [0.05, 0.1) is 24.3 Å². The van der Waals surface area contributed by atoms with Crippen molar-refractivity contribution in [3.8, 4) is 5.88 Å². The second-order valence-electron chi connectivity index (χ2n) is 5.94. The van der Waals surface area contributed by atoms with E-state index in [-0.39, 0.29) is 0 Å². The Hall–Kier alpha value is -2.43. The van der Waals surface area contributed by atoms with Gasteiger partial charge in [-0.25, -0.2) is 4.98 Å². The van der Waals surface area contributed by atoms with E-state index in [1.165, 1.54) is 0 Å². The predicted molar refractivity (Wildman–Crippen MR) is 106 cm³/mol. The van der Waals surface area contributed by atoms with E-state index in [2.05, 4.69) is 63.1 Å². The van der Waals surface area contributed by atoms with Crippen molar-refractivity contribution in [1.82, 2.24) is 34.9 Å². The fourth-order valence-electron chi connectivity index (χ4n) is 2.93. The number of piperazine rings is 1. The molecule has 11 heteroatoms. The Labute approximate surface area is 166 Å². The minimum Gasteiger partial charge on any atom is -0.480 e. The lowest BCUT2D eigenvalue weighted by molar-refractivity contribution is 0.365. The summed E-state index contributed by atoms with van der Waals surface area (Å²) in [5.74, 6) is 2.97. The van der Waals surface area contributed by atoms with Gasteiger partial charge in [0.25, 0.3) is 0 Å². The average Bonchev–Trinajstić information content (AvgIpc) is 3.17. The molecule has 3 rings (SSSR count). The van der Waals surface area contributed by atoms with E-state index >= 15 is 0 Å². The van der Waals surface area contributed by atoms with Crippen LogP contribution in [0.25, 0.3) is 0 Å². The maximum atomic E-state index is 5.26. The first-order chi connectivity index (χ1) is 13.2. The molecule has 0 atom stereocenters. The van der Waals surface area contributed by atoms with Gasteiger partial charge in [-0.05, 0) is 22.9 Å². The van der Waals surface area contributed by atoms with Crippen LogP contribution in [0.5, 0.6) is 5.88 Å². The van der Waals surface area contributed by atoms with Gasteiger partial charge in [0, 0.05) is 39.8 Å². The molecular weight excluding hydrogens is 414 g/mol. The molecule has 2 aromatic heterocycles. The van der Waals surface area contributed by atoms with E-state index in [1.54, 1.807) is 26.7 Å². The van der Waals surface area contributed by atoms with E-state index in [0.717, 1.165) is 49.0 Å². The highest BCUT2D eigenvalue weighted by Crippen LogP contribution is 2.23. The minimum absolute atomic E-state index is 0.542. The molecule has 1 aliphatic heterocycles. The third kappa shape index (κ3) is 4.46. The van der Waals surface area contributed by atoms with Crippen LogP contribution in [0.2, 0.25) is 0 Å². The molecule has 0 bridgehead atoms. The summed E-state index contributed by atoms with van der Waals surface area (Å²) in [6, 6.07) is 0. The number of aromatic nitrogens is 5. The van der Waals surface area contributed by atoms with Crippen LogP contribution in [-0.2, 0) is 13.1 Å². The lowest BCUT2D eigenvalue weighted by Gasteiger charge is -2.36. The second-order valence-corrected chi connectivity index (χ2v) is 6.79. The number of nitrogens with one attached hydrogen (secondary N) is 1. The molecule has 146 valence electrons. The van der Waals surface area contributed by atoms with Crippen LogP contribution in [0.1, 0.15) is 12.7 Å². The van der Waals surface area contributed by atoms with Crippen molar-refractivity contribution in [2.45, 2.75) is 20.0 Å².